The van der Waals surface area contributed by atoms with Gasteiger partial charge in [-0.15, -0.1) is 0 Å². The summed E-state index contributed by atoms with van der Waals surface area (Å²) >= 11 is 0. The Bertz CT molecular complexity index is 919. The van der Waals surface area contributed by atoms with Crippen LogP contribution in [0.1, 0.15) is 38.8 Å². The van der Waals surface area contributed by atoms with Crippen LogP contribution in [0.3, 0.4) is 0 Å². The van der Waals surface area contributed by atoms with Crippen LogP contribution in [0, 0.1) is 5.92 Å². The average Bonchev–Trinajstić information content (AvgIpc) is 3.24. The standard InChI is InChI=1S/C20H32N8O7/c1-9(2)3-12(26-17(31)11(21)5-15(22)29)18(32)27-13(6-16(23)30)19(33)28-14(20(34)35)4-10-7-24-8-25-10/h7-9,11-14H,3-6,21H2,1-2H3,(H2,22,29)(H2,23,30)(H,24,25)(H,26,31)(H,27,32)(H,28,33)(H,34,35). The molecule has 0 bridgehead atoms. The van der Waals surface area contributed by atoms with Crippen molar-refractivity contribution in [2.45, 2.75) is 63.7 Å². The fourth-order valence-corrected chi connectivity index (χ4v) is 3.06. The van der Waals surface area contributed by atoms with Gasteiger partial charge in [-0.05, 0) is 12.3 Å². The van der Waals surface area contributed by atoms with Crippen LogP contribution in [0.4, 0.5) is 0 Å². The van der Waals surface area contributed by atoms with E-state index in [2.05, 4.69) is 25.9 Å². The molecule has 0 spiro atoms. The molecule has 1 rings (SSSR count). The largest absolute Gasteiger partial charge is 0.480 e. The van der Waals surface area contributed by atoms with E-state index in [0.717, 1.165) is 0 Å². The maximum Gasteiger partial charge on any atom is 0.326 e. The molecule has 15 nitrogen and oxygen atoms in total. The van der Waals surface area contributed by atoms with Crippen LogP contribution in [0.25, 0.3) is 0 Å². The molecule has 0 aromatic carbocycles. The quantitative estimate of drug-likeness (QED) is 0.120. The maximum atomic E-state index is 12.9. The first-order chi connectivity index (χ1) is 16.3. The van der Waals surface area contributed by atoms with Gasteiger partial charge in [0.15, 0.2) is 0 Å². The Hall–Kier alpha value is -4.01. The number of carboxylic acids is 1. The number of aromatic amines is 1. The van der Waals surface area contributed by atoms with E-state index < -0.39 is 72.5 Å². The Morgan fingerprint density at radius 2 is 1.46 bits per heavy atom. The Kier molecular flexibility index (Phi) is 11.3. The fraction of sp³-hybridized carbons (Fsp3) is 0.550. The van der Waals surface area contributed by atoms with E-state index in [1.54, 1.807) is 13.8 Å². The molecule has 0 aliphatic heterocycles. The number of aromatic nitrogens is 2. The lowest BCUT2D eigenvalue weighted by Crippen LogP contribution is -2.58. The van der Waals surface area contributed by atoms with Gasteiger partial charge in [0.2, 0.25) is 29.5 Å². The van der Waals surface area contributed by atoms with Gasteiger partial charge in [-0.25, -0.2) is 9.78 Å². The van der Waals surface area contributed by atoms with Gasteiger partial charge in [0.05, 0.1) is 25.2 Å². The summed E-state index contributed by atoms with van der Waals surface area (Å²) in [7, 11) is 0. The first-order valence-corrected chi connectivity index (χ1v) is 10.7. The van der Waals surface area contributed by atoms with E-state index in [4.69, 9.17) is 17.2 Å². The summed E-state index contributed by atoms with van der Waals surface area (Å²) < 4.78 is 0. The number of hydrogen-bond acceptors (Lipinski definition) is 8. The van der Waals surface area contributed by atoms with Crippen LogP contribution in [0.15, 0.2) is 12.5 Å². The van der Waals surface area contributed by atoms with E-state index in [9.17, 15) is 33.9 Å². The molecule has 4 unspecified atom stereocenters. The predicted octanol–water partition coefficient (Wildman–Crippen LogP) is -3.38. The summed E-state index contributed by atoms with van der Waals surface area (Å²) in [6, 6.07) is -5.38. The molecule has 194 valence electrons. The zero-order valence-electron chi connectivity index (χ0n) is 19.4. The highest BCUT2D eigenvalue weighted by Crippen LogP contribution is 2.07. The van der Waals surface area contributed by atoms with Crippen molar-refractivity contribution < 1.29 is 33.9 Å². The fourth-order valence-electron chi connectivity index (χ4n) is 3.06. The third-order valence-corrected chi connectivity index (χ3v) is 4.73. The summed E-state index contributed by atoms with van der Waals surface area (Å²) in [5.41, 5.74) is 16.3. The number of nitrogens with one attached hydrogen (secondary N) is 4. The van der Waals surface area contributed by atoms with Gasteiger partial charge >= 0.3 is 5.97 Å². The van der Waals surface area contributed by atoms with Crippen LogP contribution in [0.5, 0.6) is 0 Å². The average molecular weight is 497 g/mol. The molecule has 15 heteroatoms. The van der Waals surface area contributed by atoms with Crippen molar-refractivity contribution in [2.75, 3.05) is 0 Å². The summed E-state index contributed by atoms with van der Waals surface area (Å²) in [6.45, 7) is 3.55. The Labute approximate surface area is 200 Å². The topological polar surface area (TPSA) is 265 Å². The van der Waals surface area contributed by atoms with Crippen LogP contribution < -0.4 is 33.2 Å². The van der Waals surface area contributed by atoms with Gasteiger partial charge in [-0.3, -0.25) is 24.0 Å². The van der Waals surface area contributed by atoms with Gasteiger partial charge < -0.3 is 43.2 Å². The lowest BCUT2D eigenvalue weighted by Gasteiger charge is -2.25. The van der Waals surface area contributed by atoms with E-state index in [1.807, 2.05) is 0 Å². The molecular formula is C20H32N8O7. The summed E-state index contributed by atoms with van der Waals surface area (Å²) in [5.74, 6) is -5.80. The molecule has 4 atom stereocenters. The zero-order chi connectivity index (χ0) is 26.7. The minimum Gasteiger partial charge on any atom is -0.480 e. The molecule has 0 fully saturated rings. The first kappa shape index (κ1) is 29.0. The zero-order valence-corrected chi connectivity index (χ0v) is 19.4. The lowest BCUT2D eigenvalue weighted by molar-refractivity contribution is -0.142. The molecule has 1 aromatic heterocycles. The number of hydrogen-bond donors (Lipinski definition) is 8. The van der Waals surface area contributed by atoms with Gasteiger partial charge in [0.1, 0.15) is 18.1 Å². The van der Waals surface area contributed by atoms with Gasteiger partial charge in [0, 0.05) is 18.3 Å². The van der Waals surface area contributed by atoms with Crippen molar-refractivity contribution in [3.63, 3.8) is 0 Å². The maximum absolute atomic E-state index is 12.9. The number of H-pyrrole nitrogens is 1. The SMILES string of the molecule is CC(C)CC(NC(=O)C(N)CC(N)=O)C(=O)NC(CC(N)=O)C(=O)NC(Cc1cnc[nH]1)C(=O)O. The number of imidazole rings is 1. The van der Waals surface area contributed by atoms with Crippen LogP contribution in [0.2, 0.25) is 0 Å². The second-order valence-corrected chi connectivity index (χ2v) is 8.38. The van der Waals surface area contributed by atoms with E-state index in [0.29, 0.717) is 5.69 Å². The number of carbonyl (C=O) groups excluding carboxylic acids is 5. The highest BCUT2D eigenvalue weighted by molar-refractivity contribution is 5.96. The molecule has 0 radical (unpaired) electrons. The molecule has 11 N–H and O–H groups in total. The van der Waals surface area contributed by atoms with Gasteiger partial charge in [0.25, 0.3) is 0 Å². The third-order valence-electron chi connectivity index (χ3n) is 4.73. The highest BCUT2D eigenvalue weighted by atomic mass is 16.4. The minimum atomic E-state index is -1.52. The molecule has 0 saturated carbocycles. The minimum absolute atomic E-state index is 0.0902. The van der Waals surface area contributed by atoms with E-state index >= 15 is 0 Å². The van der Waals surface area contributed by atoms with Crippen molar-refractivity contribution in [2.24, 2.45) is 23.1 Å². The number of nitrogens with zero attached hydrogens (tertiary/aromatic N) is 1. The number of amides is 5. The second kappa shape index (κ2) is 13.6. The first-order valence-electron chi connectivity index (χ1n) is 10.7. The van der Waals surface area contributed by atoms with E-state index in [-0.39, 0.29) is 18.8 Å². The molecule has 1 aromatic rings. The van der Waals surface area contributed by atoms with Crippen molar-refractivity contribution in [1.82, 2.24) is 25.9 Å². The monoisotopic (exact) mass is 496 g/mol. The number of carboxylic acid groups (broad SMARTS) is 1. The van der Waals surface area contributed by atoms with Gasteiger partial charge in [-0.1, -0.05) is 13.8 Å². The number of carbonyl (C=O) groups is 6. The predicted molar refractivity (Wildman–Crippen MR) is 121 cm³/mol. The number of rotatable bonds is 15. The van der Waals surface area contributed by atoms with E-state index in [1.165, 1.54) is 12.5 Å². The van der Waals surface area contributed by atoms with Crippen LogP contribution in [-0.2, 0) is 35.2 Å². The number of nitrogens with two attached hydrogens (primary N) is 3. The smallest absolute Gasteiger partial charge is 0.326 e. The Balaban J connectivity index is 2.99. The summed E-state index contributed by atoms with van der Waals surface area (Å²) in [4.78, 5) is 78.6. The number of aliphatic carboxylic acids is 1. The molecule has 0 saturated heterocycles. The number of primary amides is 2. The van der Waals surface area contributed by atoms with Crippen molar-refractivity contribution >= 4 is 35.5 Å². The van der Waals surface area contributed by atoms with Crippen molar-refractivity contribution in [3.05, 3.63) is 18.2 Å². The Morgan fingerprint density at radius 1 is 0.914 bits per heavy atom. The van der Waals surface area contributed by atoms with Crippen molar-refractivity contribution in [3.8, 4) is 0 Å². The van der Waals surface area contributed by atoms with Crippen LogP contribution in [-0.4, -0.2) is 74.7 Å². The van der Waals surface area contributed by atoms with Crippen molar-refractivity contribution in [1.29, 1.82) is 0 Å². The van der Waals surface area contributed by atoms with Crippen LogP contribution >= 0.6 is 0 Å². The molecule has 0 aliphatic carbocycles. The molecule has 1 heterocycles. The molecule has 5 amide bonds. The molecule has 35 heavy (non-hydrogen) atoms. The molecule has 0 aliphatic rings. The normalized spacial score (nSPS) is 14.3. The second-order valence-electron chi connectivity index (χ2n) is 8.38. The summed E-state index contributed by atoms with van der Waals surface area (Å²) in [5, 5.41) is 16.4. The third kappa shape index (κ3) is 10.6. The Morgan fingerprint density at radius 3 is 1.94 bits per heavy atom. The molecular weight excluding hydrogens is 464 g/mol. The van der Waals surface area contributed by atoms with Gasteiger partial charge in [-0.2, -0.15) is 0 Å². The lowest BCUT2D eigenvalue weighted by atomic mass is 10.0. The summed E-state index contributed by atoms with van der Waals surface area (Å²) in [6.07, 6.45) is 1.64. The highest BCUT2D eigenvalue weighted by Gasteiger charge is 2.32.